The maximum atomic E-state index is 12.1. The molecule has 0 spiro atoms. The van der Waals surface area contributed by atoms with Crippen molar-refractivity contribution in [2.24, 2.45) is 0 Å². The van der Waals surface area contributed by atoms with Gasteiger partial charge >= 0.3 is 6.09 Å². The van der Waals surface area contributed by atoms with E-state index in [2.05, 4.69) is 13.8 Å². The minimum absolute atomic E-state index is 0.182. The van der Waals surface area contributed by atoms with E-state index in [0.29, 0.717) is 6.61 Å². The Kier molecular flexibility index (Phi) is 4.24. The number of carbonyl (C=O) groups is 1. The van der Waals surface area contributed by atoms with E-state index in [1.54, 1.807) is 0 Å². The second-order valence-electron chi connectivity index (χ2n) is 5.08. The first-order chi connectivity index (χ1) is 8.68. The number of benzene rings is 1. The molecule has 1 saturated heterocycles. The third-order valence-electron chi connectivity index (χ3n) is 3.61. The highest BCUT2D eigenvalue weighted by Crippen LogP contribution is 2.23. The number of hydrogen-bond donors (Lipinski definition) is 0. The molecule has 0 aliphatic carbocycles. The van der Waals surface area contributed by atoms with Crippen molar-refractivity contribution in [1.82, 2.24) is 4.90 Å². The molecule has 98 valence electrons. The largest absolute Gasteiger partial charge is 0.445 e. The van der Waals surface area contributed by atoms with E-state index < -0.39 is 0 Å². The minimum Gasteiger partial charge on any atom is -0.445 e. The van der Waals surface area contributed by atoms with Crippen LogP contribution in [0.4, 0.5) is 4.79 Å². The molecule has 1 heterocycles. The van der Waals surface area contributed by atoms with Crippen molar-refractivity contribution < 1.29 is 9.53 Å². The molecule has 1 amide bonds. The first-order valence-electron chi connectivity index (χ1n) is 6.67. The van der Waals surface area contributed by atoms with Crippen LogP contribution in [0.15, 0.2) is 30.3 Å². The minimum atomic E-state index is -0.182. The lowest BCUT2D eigenvalue weighted by Gasteiger charge is -2.38. The molecule has 1 fully saturated rings. The fraction of sp³-hybridized carbons (Fsp3) is 0.533. The van der Waals surface area contributed by atoms with Crippen molar-refractivity contribution in [3.63, 3.8) is 0 Å². The Morgan fingerprint density at radius 3 is 2.44 bits per heavy atom. The monoisotopic (exact) mass is 247 g/mol. The fourth-order valence-electron chi connectivity index (χ4n) is 2.58. The quantitative estimate of drug-likeness (QED) is 0.799. The number of carbonyl (C=O) groups excluding carboxylic acids is 1. The fourth-order valence-corrected chi connectivity index (χ4v) is 2.58. The van der Waals surface area contributed by atoms with Crippen LogP contribution in [0, 0.1) is 0 Å². The van der Waals surface area contributed by atoms with Crippen LogP contribution in [0.1, 0.15) is 38.7 Å². The Hall–Kier alpha value is -1.51. The number of likely N-dealkylation sites (tertiary alicyclic amines) is 1. The van der Waals surface area contributed by atoms with E-state index in [0.717, 1.165) is 18.4 Å². The van der Waals surface area contributed by atoms with E-state index in [9.17, 15) is 4.79 Å². The van der Waals surface area contributed by atoms with Gasteiger partial charge in [-0.25, -0.2) is 4.79 Å². The Balaban J connectivity index is 1.91. The second-order valence-corrected chi connectivity index (χ2v) is 5.08. The summed E-state index contributed by atoms with van der Waals surface area (Å²) in [6.45, 7) is 4.55. The normalized spacial score (nSPS) is 23.8. The number of nitrogens with zero attached hydrogens (tertiary/aromatic N) is 1. The van der Waals surface area contributed by atoms with Gasteiger partial charge in [-0.3, -0.25) is 0 Å². The molecule has 1 aromatic carbocycles. The van der Waals surface area contributed by atoms with Gasteiger partial charge in [-0.1, -0.05) is 30.3 Å². The first-order valence-corrected chi connectivity index (χ1v) is 6.67. The van der Waals surface area contributed by atoms with Crippen LogP contribution in [-0.4, -0.2) is 23.1 Å². The summed E-state index contributed by atoms with van der Waals surface area (Å²) < 4.78 is 5.40. The van der Waals surface area contributed by atoms with Crippen molar-refractivity contribution in [3.05, 3.63) is 35.9 Å². The van der Waals surface area contributed by atoms with Gasteiger partial charge < -0.3 is 9.64 Å². The Morgan fingerprint density at radius 2 is 1.83 bits per heavy atom. The molecule has 0 saturated carbocycles. The lowest BCUT2D eigenvalue weighted by Crippen LogP contribution is -2.47. The van der Waals surface area contributed by atoms with Crippen LogP contribution in [0.2, 0.25) is 0 Å². The molecule has 2 atom stereocenters. The van der Waals surface area contributed by atoms with Crippen molar-refractivity contribution >= 4 is 6.09 Å². The van der Waals surface area contributed by atoms with E-state index in [1.807, 2.05) is 35.2 Å². The summed E-state index contributed by atoms with van der Waals surface area (Å²) in [4.78, 5) is 14.0. The summed E-state index contributed by atoms with van der Waals surface area (Å²) in [6.07, 6.45) is 3.17. The molecule has 3 heteroatoms. The topological polar surface area (TPSA) is 29.5 Å². The van der Waals surface area contributed by atoms with Crippen LogP contribution in [0.25, 0.3) is 0 Å². The van der Waals surface area contributed by atoms with Gasteiger partial charge in [0.05, 0.1) is 0 Å². The first kappa shape index (κ1) is 12.9. The van der Waals surface area contributed by atoms with Gasteiger partial charge in [-0.15, -0.1) is 0 Å². The van der Waals surface area contributed by atoms with Crippen molar-refractivity contribution in [2.45, 2.75) is 51.8 Å². The van der Waals surface area contributed by atoms with Crippen LogP contribution in [0.5, 0.6) is 0 Å². The SMILES string of the molecule is C[C@@H]1CCC[C@H](C)N1C(=O)OCc1ccccc1. The molecule has 1 aromatic rings. The number of ether oxygens (including phenoxy) is 1. The summed E-state index contributed by atoms with van der Waals surface area (Å²) >= 11 is 0. The maximum Gasteiger partial charge on any atom is 0.410 e. The highest BCUT2D eigenvalue weighted by atomic mass is 16.6. The molecule has 0 unspecified atom stereocenters. The molecular weight excluding hydrogens is 226 g/mol. The van der Waals surface area contributed by atoms with E-state index in [1.165, 1.54) is 6.42 Å². The molecular formula is C15H21NO2. The zero-order valence-electron chi connectivity index (χ0n) is 11.1. The average molecular weight is 247 g/mol. The molecule has 18 heavy (non-hydrogen) atoms. The number of amides is 1. The molecule has 2 rings (SSSR count). The smallest absolute Gasteiger partial charge is 0.410 e. The van der Waals surface area contributed by atoms with E-state index >= 15 is 0 Å². The molecule has 1 aliphatic heterocycles. The van der Waals surface area contributed by atoms with Crippen LogP contribution in [0.3, 0.4) is 0 Å². The maximum absolute atomic E-state index is 12.1. The zero-order valence-corrected chi connectivity index (χ0v) is 11.1. The molecule has 3 nitrogen and oxygen atoms in total. The van der Waals surface area contributed by atoms with Gasteiger partial charge in [0.15, 0.2) is 0 Å². The molecule has 0 N–H and O–H groups in total. The Bertz CT molecular complexity index is 381. The Labute approximate surface area is 109 Å². The van der Waals surface area contributed by atoms with Gasteiger partial charge in [0.1, 0.15) is 6.61 Å². The summed E-state index contributed by atoms with van der Waals surface area (Å²) in [5.74, 6) is 0. The van der Waals surface area contributed by atoms with Gasteiger partial charge in [-0.05, 0) is 38.7 Å². The van der Waals surface area contributed by atoms with Crippen molar-refractivity contribution in [1.29, 1.82) is 0 Å². The van der Waals surface area contributed by atoms with Crippen LogP contribution < -0.4 is 0 Å². The van der Waals surface area contributed by atoms with Gasteiger partial charge in [-0.2, -0.15) is 0 Å². The standard InChI is InChI=1S/C15H21NO2/c1-12-7-6-8-13(2)16(12)15(17)18-11-14-9-4-3-5-10-14/h3-5,9-10,12-13H,6-8,11H2,1-2H3/t12-,13+. The highest BCUT2D eigenvalue weighted by molar-refractivity contribution is 5.68. The second kappa shape index (κ2) is 5.89. The average Bonchev–Trinajstić information content (AvgIpc) is 2.37. The Morgan fingerprint density at radius 1 is 1.22 bits per heavy atom. The predicted molar refractivity (Wildman–Crippen MR) is 71.2 cm³/mol. The van der Waals surface area contributed by atoms with E-state index in [-0.39, 0.29) is 18.2 Å². The van der Waals surface area contributed by atoms with Gasteiger partial charge in [0, 0.05) is 12.1 Å². The van der Waals surface area contributed by atoms with E-state index in [4.69, 9.17) is 4.74 Å². The lowest BCUT2D eigenvalue weighted by molar-refractivity contribution is 0.0510. The van der Waals surface area contributed by atoms with Gasteiger partial charge in [0.2, 0.25) is 0 Å². The molecule has 1 aliphatic rings. The third-order valence-corrected chi connectivity index (χ3v) is 3.61. The number of hydrogen-bond acceptors (Lipinski definition) is 2. The molecule has 0 bridgehead atoms. The molecule has 0 radical (unpaired) electrons. The predicted octanol–water partition coefficient (Wildman–Crippen LogP) is 3.59. The summed E-state index contributed by atoms with van der Waals surface area (Å²) in [5.41, 5.74) is 1.03. The summed E-state index contributed by atoms with van der Waals surface area (Å²) in [5, 5.41) is 0. The van der Waals surface area contributed by atoms with Crippen molar-refractivity contribution in [2.75, 3.05) is 0 Å². The van der Waals surface area contributed by atoms with Crippen LogP contribution in [-0.2, 0) is 11.3 Å². The third kappa shape index (κ3) is 3.03. The van der Waals surface area contributed by atoms with Gasteiger partial charge in [0.25, 0.3) is 0 Å². The van der Waals surface area contributed by atoms with Crippen LogP contribution >= 0.6 is 0 Å². The molecule has 0 aromatic heterocycles. The number of rotatable bonds is 2. The highest BCUT2D eigenvalue weighted by Gasteiger charge is 2.29. The zero-order chi connectivity index (χ0) is 13.0. The lowest BCUT2D eigenvalue weighted by atomic mass is 9.98. The summed E-state index contributed by atoms with van der Waals surface area (Å²) in [6, 6.07) is 10.4. The number of piperidine rings is 1. The van der Waals surface area contributed by atoms with Crippen molar-refractivity contribution in [3.8, 4) is 0 Å². The summed E-state index contributed by atoms with van der Waals surface area (Å²) in [7, 11) is 0.